The molecule has 0 saturated carbocycles. The van der Waals surface area contributed by atoms with Gasteiger partial charge in [-0.25, -0.2) is 4.79 Å². The average molecular weight is 237 g/mol. The molecule has 0 unspecified atom stereocenters. The van der Waals surface area contributed by atoms with Gasteiger partial charge in [0, 0.05) is 18.0 Å². The third kappa shape index (κ3) is 4.20. The number of amides is 1. The molecule has 1 amide bonds. The molecule has 0 aliphatic carbocycles. The molecule has 0 radical (unpaired) electrons. The Balaban J connectivity index is 2.61. The number of nitrogens with two attached hydrogens (primary N) is 1. The van der Waals surface area contributed by atoms with E-state index in [-0.39, 0.29) is 0 Å². The normalized spacial score (nSPS) is 11.8. The van der Waals surface area contributed by atoms with Crippen molar-refractivity contribution in [1.29, 1.82) is 0 Å². The van der Waals surface area contributed by atoms with Crippen LogP contribution in [0.4, 0.5) is 0 Å². The second-order valence-electron chi connectivity index (χ2n) is 3.53. The van der Waals surface area contributed by atoms with E-state index in [0.717, 1.165) is 0 Å². The maximum atomic E-state index is 11.7. The Morgan fingerprint density at radius 1 is 1.41 bits per heavy atom. The molecule has 6 heteroatoms. The van der Waals surface area contributed by atoms with Crippen molar-refractivity contribution < 1.29 is 14.7 Å². The summed E-state index contributed by atoms with van der Waals surface area (Å²) in [7, 11) is 0. The van der Waals surface area contributed by atoms with Crippen molar-refractivity contribution in [1.82, 2.24) is 10.3 Å². The third-order valence-electron chi connectivity index (χ3n) is 2.24. The summed E-state index contributed by atoms with van der Waals surface area (Å²) in [4.78, 5) is 26.4. The molecule has 1 aromatic rings. The van der Waals surface area contributed by atoms with Crippen LogP contribution in [0.15, 0.2) is 24.5 Å². The fraction of sp³-hybridized carbons (Fsp3) is 0.364. The lowest BCUT2D eigenvalue weighted by Crippen LogP contribution is -2.41. The van der Waals surface area contributed by atoms with Crippen LogP contribution in [0, 0.1) is 0 Å². The van der Waals surface area contributed by atoms with Gasteiger partial charge in [-0.3, -0.25) is 9.78 Å². The van der Waals surface area contributed by atoms with E-state index in [2.05, 4.69) is 10.3 Å². The molecule has 17 heavy (non-hydrogen) atoms. The highest BCUT2D eigenvalue weighted by molar-refractivity contribution is 5.96. The van der Waals surface area contributed by atoms with Gasteiger partial charge in [-0.1, -0.05) is 0 Å². The van der Waals surface area contributed by atoms with Gasteiger partial charge < -0.3 is 16.2 Å². The van der Waals surface area contributed by atoms with Crippen LogP contribution in [0.5, 0.6) is 0 Å². The van der Waals surface area contributed by atoms with Crippen LogP contribution in [0.3, 0.4) is 0 Å². The molecule has 0 aliphatic heterocycles. The van der Waals surface area contributed by atoms with E-state index < -0.39 is 17.9 Å². The van der Waals surface area contributed by atoms with E-state index in [1.807, 2.05) is 0 Å². The van der Waals surface area contributed by atoms with Crippen LogP contribution in [0.2, 0.25) is 0 Å². The largest absolute Gasteiger partial charge is 0.480 e. The lowest BCUT2D eigenvalue weighted by atomic mass is 10.1. The Hall–Kier alpha value is -1.95. The molecule has 0 aromatic carbocycles. The molecule has 1 atom stereocenters. The van der Waals surface area contributed by atoms with Gasteiger partial charge in [-0.2, -0.15) is 0 Å². The molecule has 4 N–H and O–H groups in total. The Bertz CT molecular complexity index is 381. The first kappa shape index (κ1) is 13.1. The molecule has 1 rings (SSSR count). The van der Waals surface area contributed by atoms with Crippen molar-refractivity contribution in [3.05, 3.63) is 30.1 Å². The number of carbonyl (C=O) groups is 2. The Morgan fingerprint density at radius 2 is 2.06 bits per heavy atom. The van der Waals surface area contributed by atoms with Gasteiger partial charge in [-0.05, 0) is 31.5 Å². The predicted molar refractivity (Wildman–Crippen MR) is 61.4 cm³/mol. The highest BCUT2D eigenvalue weighted by Crippen LogP contribution is 2.01. The van der Waals surface area contributed by atoms with Crippen molar-refractivity contribution in [3.8, 4) is 0 Å². The lowest BCUT2D eigenvalue weighted by molar-refractivity contribution is -0.139. The third-order valence-corrected chi connectivity index (χ3v) is 2.24. The van der Waals surface area contributed by atoms with E-state index in [1.165, 1.54) is 24.5 Å². The van der Waals surface area contributed by atoms with Gasteiger partial charge in [-0.15, -0.1) is 0 Å². The van der Waals surface area contributed by atoms with Gasteiger partial charge in [0.15, 0.2) is 0 Å². The van der Waals surface area contributed by atoms with Crippen molar-refractivity contribution in [2.75, 3.05) is 6.54 Å². The highest BCUT2D eigenvalue weighted by atomic mass is 16.4. The molecule has 0 spiro atoms. The first-order valence-corrected chi connectivity index (χ1v) is 5.29. The van der Waals surface area contributed by atoms with E-state index in [4.69, 9.17) is 10.8 Å². The van der Waals surface area contributed by atoms with Crippen LogP contribution in [0.25, 0.3) is 0 Å². The van der Waals surface area contributed by atoms with Crippen molar-refractivity contribution in [3.63, 3.8) is 0 Å². The summed E-state index contributed by atoms with van der Waals surface area (Å²) >= 11 is 0. The minimum absolute atomic E-state index is 0.322. The number of nitrogens with zero attached hydrogens (tertiary/aromatic N) is 1. The summed E-state index contributed by atoms with van der Waals surface area (Å²) in [5.74, 6) is -1.47. The molecular weight excluding hydrogens is 222 g/mol. The monoisotopic (exact) mass is 237 g/mol. The quantitative estimate of drug-likeness (QED) is 0.646. The smallest absolute Gasteiger partial charge is 0.326 e. The summed E-state index contributed by atoms with van der Waals surface area (Å²) in [6, 6.07) is 2.15. The topological polar surface area (TPSA) is 105 Å². The number of aliphatic carboxylic acids is 1. The number of hydrogen-bond donors (Lipinski definition) is 3. The minimum atomic E-state index is -1.05. The van der Waals surface area contributed by atoms with Crippen molar-refractivity contribution in [2.45, 2.75) is 18.9 Å². The molecule has 0 aliphatic rings. The number of nitrogens with one attached hydrogen (secondary N) is 1. The molecule has 1 heterocycles. The molecular formula is C11H15N3O3. The molecule has 92 valence electrons. The summed E-state index contributed by atoms with van der Waals surface area (Å²) in [6.45, 7) is 0.398. The van der Waals surface area contributed by atoms with Crippen LogP contribution in [0.1, 0.15) is 23.2 Å². The SMILES string of the molecule is NCCC[C@@H](NC(=O)c1ccncc1)C(=O)O. The summed E-state index contributed by atoms with van der Waals surface area (Å²) < 4.78 is 0. The van der Waals surface area contributed by atoms with Gasteiger partial charge in [0.2, 0.25) is 0 Å². The number of carbonyl (C=O) groups excluding carboxylic acids is 1. The van der Waals surface area contributed by atoms with Crippen LogP contribution in [-0.4, -0.2) is 34.6 Å². The summed E-state index contributed by atoms with van der Waals surface area (Å²) in [6.07, 6.45) is 3.82. The lowest BCUT2D eigenvalue weighted by Gasteiger charge is -2.13. The predicted octanol–water partition coefficient (Wildman–Crippen LogP) is 0.00350. The Morgan fingerprint density at radius 3 is 2.59 bits per heavy atom. The minimum Gasteiger partial charge on any atom is -0.480 e. The number of aromatic nitrogens is 1. The Kier molecular flexibility index (Phi) is 5.09. The Labute approximate surface area is 98.8 Å². The zero-order valence-electron chi connectivity index (χ0n) is 9.30. The van der Waals surface area contributed by atoms with E-state index >= 15 is 0 Å². The molecule has 0 bridgehead atoms. The average Bonchev–Trinajstić information content (AvgIpc) is 2.35. The fourth-order valence-corrected chi connectivity index (χ4v) is 1.32. The maximum absolute atomic E-state index is 11.7. The van der Waals surface area contributed by atoms with Gasteiger partial charge in [0.05, 0.1) is 0 Å². The van der Waals surface area contributed by atoms with Crippen LogP contribution in [-0.2, 0) is 4.79 Å². The van der Waals surface area contributed by atoms with E-state index in [0.29, 0.717) is 24.9 Å². The number of pyridine rings is 1. The first-order chi connectivity index (χ1) is 8.15. The second kappa shape index (κ2) is 6.59. The molecule has 0 saturated heterocycles. The van der Waals surface area contributed by atoms with Crippen molar-refractivity contribution in [2.24, 2.45) is 5.73 Å². The number of hydrogen-bond acceptors (Lipinski definition) is 4. The summed E-state index contributed by atoms with van der Waals surface area (Å²) in [5.41, 5.74) is 5.69. The number of carboxylic acids is 1. The van der Waals surface area contributed by atoms with E-state index in [9.17, 15) is 9.59 Å². The van der Waals surface area contributed by atoms with Crippen molar-refractivity contribution >= 4 is 11.9 Å². The van der Waals surface area contributed by atoms with Crippen LogP contribution < -0.4 is 11.1 Å². The number of rotatable bonds is 6. The fourth-order valence-electron chi connectivity index (χ4n) is 1.32. The molecule has 0 fully saturated rings. The number of carboxylic acid groups (broad SMARTS) is 1. The maximum Gasteiger partial charge on any atom is 0.326 e. The molecule has 1 aromatic heterocycles. The highest BCUT2D eigenvalue weighted by Gasteiger charge is 2.19. The first-order valence-electron chi connectivity index (χ1n) is 5.29. The van der Waals surface area contributed by atoms with Gasteiger partial charge >= 0.3 is 5.97 Å². The standard InChI is InChI=1S/C11H15N3O3/c12-5-1-2-9(11(16)17)14-10(15)8-3-6-13-7-4-8/h3-4,6-7,9H,1-2,5,12H2,(H,14,15)(H,16,17)/t9-/m1/s1. The van der Waals surface area contributed by atoms with E-state index in [1.54, 1.807) is 0 Å². The second-order valence-corrected chi connectivity index (χ2v) is 3.53. The van der Waals surface area contributed by atoms with Gasteiger partial charge in [0.25, 0.3) is 5.91 Å². The zero-order valence-corrected chi connectivity index (χ0v) is 9.30. The van der Waals surface area contributed by atoms with Gasteiger partial charge in [0.1, 0.15) is 6.04 Å². The summed E-state index contributed by atoms with van der Waals surface area (Å²) in [5, 5.41) is 11.4. The zero-order chi connectivity index (χ0) is 12.7. The molecule has 6 nitrogen and oxygen atoms in total. The van der Waals surface area contributed by atoms with Crippen LogP contribution >= 0.6 is 0 Å².